The average Bonchev–Trinajstić information content (AvgIpc) is 3.48. The van der Waals surface area contributed by atoms with Gasteiger partial charge in [-0.25, -0.2) is 0 Å². The molecule has 0 bridgehead atoms. The lowest BCUT2D eigenvalue weighted by atomic mass is 9.43. The number of ether oxygens (including phenoxy) is 2. The van der Waals surface area contributed by atoms with Crippen LogP contribution < -0.4 is 5.73 Å². The summed E-state index contributed by atoms with van der Waals surface area (Å²) in [5.41, 5.74) is 5.69. The number of hydrogen-bond acceptors (Lipinski definition) is 7. The smallest absolute Gasteiger partial charge is 0.309 e. The number of nitrogens with two attached hydrogens (primary N) is 1. The van der Waals surface area contributed by atoms with Gasteiger partial charge in [-0.05, 0) is 123 Å². The van der Waals surface area contributed by atoms with Crippen LogP contribution in [0.4, 0.5) is 0 Å². The molecule has 7 nitrogen and oxygen atoms in total. The number of fused-ring (bicyclic) bond motifs is 4. The zero-order valence-corrected chi connectivity index (χ0v) is 26.2. The fraction of sp³-hybridized carbons (Fsp3) is 0.971. The topological polar surface area (TPSA) is 122 Å². The second-order valence-electron chi connectivity index (χ2n) is 17.4. The minimum atomic E-state index is -1.27. The summed E-state index contributed by atoms with van der Waals surface area (Å²) in [5.74, 6) is 0.732. The van der Waals surface area contributed by atoms with E-state index in [4.69, 9.17) is 15.2 Å². The van der Waals surface area contributed by atoms with Gasteiger partial charge in [0.2, 0.25) is 0 Å². The number of rotatable bonds is 4. The van der Waals surface area contributed by atoms with Gasteiger partial charge in [0.1, 0.15) is 0 Å². The Balaban J connectivity index is 1.19. The minimum absolute atomic E-state index is 0.0807. The molecule has 6 saturated carbocycles. The summed E-state index contributed by atoms with van der Waals surface area (Å²) < 4.78 is 12.8. The lowest BCUT2D eigenvalue weighted by Crippen LogP contribution is -2.70. The van der Waals surface area contributed by atoms with Crippen molar-refractivity contribution in [3.05, 3.63) is 0 Å². The van der Waals surface area contributed by atoms with E-state index in [1.54, 1.807) is 13.8 Å². The van der Waals surface area contributed by atoms with Crippen molar-refractivity contribution < 1.29 is 29.6 Å². The highest BCUT2D eigenvalue weighted by molar-refractivity contribution is 5.73. The van der Waals surface area contributed by atoms with Crippen LogP contribution in [-0.2, 0) is 14.3 Å². The molecule has 1 heterocycles. The van der Waals surface area contributed by atoms with E-state index >= 15 is 0 Å². The molecule has 7 rings (SSSR count). The zero-order valence-electron chi connectivity index (χ0n) is 26.2. The van der Waals surface area contributed by atoms with E-state index in [1.165, 1.54) is 6.42 Å². The van der Waals surface area contributed by atoms with Crippen LogP contribution in [0.2, 0.25) is 0 Å². The summed E-state index contributed by atoms with van der Waals surface area (Å²) in [7, 11) is 0. The molecule has 1 saturated heterocycles. The highest BCUT2D eigenvalue weighted by Gasteiger charge is 2.85. The van der Waals surface area contributed by atoms with E-state index in [2.05, 4.69) is 27.7 Å². The Labute approximate surface area is 246 Å². The Bertz CT molecular complexity index is 1100. The summed E-state index contributed by atoms with van der Waals surface area (Å²) in [6.07, 6.45) is 7.91. The molecule has 0 amide bonds. The van der Waals surface area contributed by atoms with E-state index in [-0.39, 0.29) is 57.4 Å². The van der Waals surface area contributed by atoms with Crippen molar-refractivity contribution >= 4 is 5.97 Å². The van der Waals surface area contributed by atoms with Crippen LogP contribution >= 0.6 is 0 Å². The van der Waals surface area contributed by atoms with E-state index in [0.717, 1.165) is 57.8 Å². The first kappa shape index (κ1) is 29.0. The molecule has 1 aliphatic heterocycles. The molecule has 6 aliphatic carbocycles. The molecule has 0 aromatic carbocycles. The zero-order chi connectivity index (χ0) is 29.5. The van der Waals surface area contributed by atoms with Crippen LogP contribution in [0.5, 0.6) is 0 Å². The fourth-order valence-corrected chi connectivity index (χ4v) is 12.7. The molecule has 0 aromatic heterocycles. The minimum Gasteiger partial charge on any atom is -0.456 e. The van der Waals surface area contributed by atoms with Gasteiger partial charge in [-0.2, -0.15) is 0 Å². The normalized spacial score (nSPS) is 54.4. The maximum Gasteiger partial charge on any atom is 0.309 e. The third kappa shape index (κ3) is 3.48. The van der Waals surface area contributed by atoms with Gasteiger partial charge < -0.3 is 30.5 Å². The number of aliphatic hydroxyl groups is 3. The molecule has 13 unspecified atom stereocenters. The van der Waals surface area contributed by atoms with Crippen molar-refractivity contribution in [1.29, 1.82) is 0 Å². The first-order chi connectivity index (χ1) is 19.0. The summed E-state index contributed by atoms with van der Waals surface area (Å²) in [4.78, 5) is 12.9. The Morgan fingerprint density at radius 3 is 2.29 bits per heavy atom. The number of esters is 1. The largest absolute Gasteiger partial charge is 0.456 e. The molecule has 7 heteroatoms. The Morgan fingerprint density at radius 2 is 1.66 bits per heavy atom. The van der Waals surface area contributed by atoms with Crippen molar-refractivity contribution in [2.24, 2.45) is 57.0 Å². The number of carbonyl (C=O) groups excluding carboxylic acids is 1. The third-order valence-corrected chi connectivity index (χ3v) is 15.0. The highest BCUT2D eigenvalue weighted by Crippen LogP contribution is 2.87. The molecular formula is C34H55NO6. The van der Waals surface area contributed by atoms with E-state index < -0.39 is 35.6 Å². The van der Waals surface area contributed by atoms with Crippen LogP contribution in [0.1, 0.15) is 112 Å². The lowest BCUT2D eigenvalue weighted by molar-refractivity contribution is -0.220. The Morgan fingerprint density at radius 1 is 1.00 bits per heavy atom. The lowest BCUT2D eigenvalue weighted by Gasteiger charge is -2.63. The molecule has 2 spiro atoms. The van der Waals surface area contributed by atoms with Gasteiger partial charge in [-0.1, -0.05) is 34.1 Å². The van der Waals surface area contributed by atoms with Crippen LogP contribution in [0.3, 0.4) is 0 Å². The predicted octanol–water partition coefficient (Wildman–Crippen LogP) is 4.33. The molecule has 7 aliphatic rings. The van der Waals surface area contributed by atoms with Gasteiger partial charge in [0.15, 0.2) is 6.10 Å². The first-order valence-corrected chi connectivity index (χ1v) is 16.8. The van der Waals surface area contributed by atoms with Crippen molar-refractivity contribution in [2.45, 2.75) is 154 Å². The van der Waals surface area contributed by atoms with Gasteiger partial charge in [0, 0.05) is 0 Å². The quantitative estimate of drug-likeness (QED) is 0.369. The number of aliphatic hydroxyl groups excluding tert-OH is 2. The van der Waals surface area contributed by atoms with Crippen molar-refractivity contribution in [2.75, 3.05) is 0 Å². The molecular weight excluding hydrogens is 518 g/mol. The van der Waals surface area contributed by atoms with Gasteiger partial charge in [0.05, 0.1) is 41.5 Å². The first-order valence-electron chi connectivity index (χ1n) is 16.8. The van der Waals surface area contributed by atoms with Crippen LogP contribution in [0.15, 0.2) is 0 Å². The molecule has 232 valence electrons. The third-order valence-electron chi connectivity index (χ3n) is 15.0. The fourth-order valence-electron chi connectivity index (χ4n) is 12.7. The van der Waals surface area contributed by atoms with Crippen LogP contribution in [0.25, 0.3) is 0 Å². The maximum atomic E-state index is 12.9. The van der Waals surface area contributed by atoms with Gasteiger partial charge in [-0.3, -0.25) is 4.79 Å². The molecule has 41 heavy (non-hydrogen) atoms. The Hall–Kier alpha value is -0.730. The maximum absolute atomic E-state index is 12.9. The monoisotopic (exact) mass is 573 g/mol. The van der Waals surface area contributed by atoms with Crippen LogP contribution in [-0.4, -0.2) is 62.9 Å². The molecule has 13 atom stereocenters. The molecule has 5 N–H and O–H groups in total. The van der Waals surface area contributed by atoms with Crippen molar-refractivity contribution in [1.82, 2.24) is 0 Å². The van der Waals surface area contributed by atoms with E-state index in [1.807, 2.05) is 0 Å². The summed E-state index contributed by atoms with van der Waals surface area (Å²) in [6, 6.07) is 0. The highest BCUT2D eigenvalue weighted by atomic mass is 16.6. The number of hydrogen-bond donors (Lipinski definition) is 4. The van der Waals surface area contributed by atoms with Crippen molar-refractivity contribution in [3.8, 4) is 0 Å². The molecule has 0 aromatic rings. The Kier molecular flexibility index (Phi) is 6.16. The summed E-state index contributed by atoms with van der Waals surface area (Å²) in [6.45, 7) is 12.5. The van der Waals surface area contributed by atoms with Gasteiger partial charge in [-0.15, -0.1) is 0 Å². The number of carbonyl (C=O) groups is 1. The average molecular weight is 574 g/mol. The SMILES string of the molecule is CC1CC(C(OC(=O)C2CCC2)C(C)(C)O)OC2C1C1(C)CCC34CC35CCC(O)C(C)(C)C5CCC4C1(N)C2O. The van der Waals surface area contributed by atoms with Gasteiger partial charge in [0.25, 0.3) is 0 Å². The summed E-state index contributed by atoms with van der Waals surface area (Å²) in [5, 5.41) is 34.4. The van der Waals surface area contributed by atoms with Crippen LogP contribution in [0, 0.1) is 51.2 Å². The van der Waals surface area contributed by atoms with E-state index in [0.29, 0.717) is 12.3 Å². The van der Waals surface area contributed by atoms with E-state index in [9.17, 15) is 20.1 Å². The summed E-state index contributed by atoms with van der Waals surface area (Å²) >= 11 is 0. The predicted molar refractivity (Wildman–Crippen MR) is 154 cm³/mol. The van der Waals surface area contributed by atoms with Crippen molar-refractivity contribution in [3.63, 3.8) is 0 Å². The molecule has 0 radical (unpaired) electrons. The standard InChI is InChI=1S/C34H55NO6/c1-18-16-20(27(30(4,5)39)41-28(38)19-8-7-9-19)40-25-24(18)31(6)14-15-33-17-32(33)13-12-23(36)29(2,3)21(32)10-11-22(33)34(31,35)26(25)37/h18-27,36-37,39H,7-17,35H2,1-6H3. The van der Waals surface area contributed by atoms with Gasteiger partial charge >= 0.3 is 5.97 Å². The second kappa shape index (κ2) is 8.71. The molecule has 7 fully saturated rings. The second-order valence-corrected chi connectivity index (χ2v) is 17.4.